The van der Waals surface area contributed by atoms with Gasteiger partial charge in [-0.05, 0) is 44.4 Å². The second-order valence-electron chi connectivity index (χ2n) is 8.33. The summed E-state index contributed by atoms with van der Waals surface area (Å²) in [7, 11) is 0. The van der Waals surface area contributed by atoms with E-state index in [4.69, 9.17) is 9.47 Å². The number of halogens is 2. The van der Waals surface area contributed by atoms with Gasteiger partial charge in [-0.15, -0.1) is 0 Å². The number of nitrogens with zero attached hydrogens (tertiary/aromatic N) is 3. The summed E-state index contributed by atoms with van der Waals surface area (Å²) in [4.78, 5) is 10.9. The van der Waals surface area contributed by atoms with Crippen LogP contribution in [0.2, 0.25) is 0 Å². The molecule has 1 saturated carbocycles. The summed E-state index contributed by atoms with van der Waals surface area (Å²) >= 11 is 0. The normalized spacial score (nSPS) is 26.0. The van der Waals surface area contributed by atoms with Crippen LogP contribution in [-0.2, 0) is 12.1 Å². The number of aliphatic hydroxyl groups is 1. The summed E-state index contributed by atoms with van der Waals surface area (Å²) < 4.78 is 38.1. The van der Waals surface area contributed by atoms with Gasteiger partial charge >= 0.3 is 6.01 Å². The lowest BCUT2D eigenvalue weighted by Gasteiger charge is -2.53. The summed E-state index contributed by atoms with van der Waals surface area (Å²) in [5, 5.41) is 12.0. The summed E-state index contributed by atoms with van der Waals surface area (Å²) in [6, 6.07) is 4.26. The highest BCUT2D eigenvalue weighted by atomic mass is 19.2. The van der Waals surface area contributed by atoms with Gasteiger partial charge in [-0.1, -0.05) is 12.5 Å². The third-order valence-electron chi connectivity index (χ3n) is 6.41. The van der Waals surface area contributed by atoms with Crippen LogP contribution in [0.25, 0.3) is 0 Å². The molecular weight excluding hydrogens is 404 g/mol. The molecule has 31 heavy (non-hydrogen) atoms. The van der Waals surface area contributed by atoms with Crippen molar-refractivity contribution in [3.63, 3.8) is 0 Å². The van der Waals surface area contributed by atoms with Crippen molar-refractivity contribution in [3.8, 4) is 11.9 Å². The molecule has 2 bridgehead atoms. The Morgan fingerprint density at radius 2 is 1.81 bits per heavy atom. The Morgan fingerprint density at radius 1 is 1.10 bits per heavy atom. The van der Waals surface area contributed by atoms with E-state index >= 15 is 0 Å². The van der Waals surface area contributed by atoms with Crippen LogP contribution in [0.1, 0.15) is 44.2 Å². The third-order valence-corrected chi connectivity index (χ3v) is 6.41. The molecule has 0 radical (unpaired) electrons. The van der Waals surface area contributed by atoms with Crippen LogP contribution >= 0.6 is 0 Å². The van der Waals surface area contributed by atoms with Gasteiger partial charge in [0.25, 0.3) is 0 Å². The fourth-order valence-electron chi connectivity index (χ4n) is 5.08. The first-order valence-electron chi connectivity index (χ1n) is 11.0. The van der Waals surface area contributed by atoms with Gasteiger partial charge in [0.15, 0.2) is 11.6 Å². The number of fused-ring (bicyclic) bond motifs is 2. The highest BCUT2D eigenvalue weighted by Gasteiger charge is 2.53. The van der Waals surface area contributed by atoms with Gasteiger partial charge < -0.3 is 14.6 Å². The Kier molecular flexibility index (Phi) is 6.39. The van der Waals surface area contributed by atoms with E-state index in [9.17, 15) is 13.9 Å². The second-order valence-corrected chi connectivity index (χ2v) is 8.33. The van der Waals surface area contributed by atoms with E-state index in [1.807, 2.05) is 13.8 Å². The maximum Gasteiger partial charge on any atom is 0.319 e. The standard InChI is InChI=1S/C23H29F2N3O3/c1-3-30-21-18(11-26-22(27-21)31-4-2)23(29)16-6-5-7-17(23)14-28(13-16)12-15-8-9-19(24)20(25)10-15/h8-11,16-17,29H,3-7,12-14H2,1-2H3/t16-,17-/m0/s1. The third kappa shape index (κ3) is 4.23. The first-order valence-corrected chi connectivity index (χ1v) is 11.0. The molecule has 0 amide bonds. The first-order chi connectivity index (χ1) is 15.0. The number of aromatic nitrogens is 2. The van der Waals surface area contributed by atoms with E-state index in [1.54, 1.807) is 12.3 Å². The summed E-state index contributed by atoms with van der Waals surface area (Å²) in [6.07, 6.45) is 4.40. The molecule has 2 heterocycles. The minimum Gasteiger partial charge on any atom is -0.478 e. The SMILES string of the molecule is CCOc1ncc(C2(O)[C@H]3CCC[C@H]2CN(Cc2ccc(F)c(F)c2)C3)c(OCC)n1. The lowest BCUT2D eigenvalue weighted by molar-refractivity contribution is -0.150. The number of rotatable bonds is 7. The van der Waals surface area contributed by atoms with Crippen LogP contribution in [0, 0.1) is 23.5 Å². The molecule has 0 unspecified atom stereocenters. The van der Waals surface area contributed by atoms with Crippen molar-refractivity contribution in [2.45, 2.75) is 45.3 Å². The van der Waals surface area contributed by atoms with Crippen LogP contribution in [-0.4, -0.2) is 46.3 Å². The van der Waals surface area contributed by atoms with Crippen molar-refractivity contribution in [2.75, 3.05) is 26.3 Å². The van der Waals surface area contributed by atoms with Crippen molar-refractivity contribution in [1.29, 1.82) is 0 Å². The zero-order chi connectivity index (χ0) is 22.0. The molecule has 2 aromatic rings. The van der Waals surface area contributed by atoms with Gasteiger partial charge in [0.1, 0.15) is 5.60 Å². The molecule has 1 aliphatic carbocycles. The predicted molar refractivity (Wildman–Crippen MR) is 111 cm³/mol. The number of hydrogen-bond donors (Lipinski definition) is 1. The lowest BCUT2D eigenvalue weighted by Crippen LogP contribution is -2.58. The van der Waals surface area contributed by atoms with Crippen LogP contribution in [0.4, 0.5) is 8.78 Å². The molecular formula is C23H29F2N3O3. The predicted octanol–water partition coefficient (Wildman–Crippen LogP) is 3.67. The molecule has 168 valence electrons. The molecule has 1 aromatic heterocycles. The molecule has 1 aromatic carbocycles. The van der Waals surface area contributed by atoms with Crippen molar-refractivity contribution in [1.82, 2.24) is 14.9 Å². The fraction of sp³-hybridized carbons (Fsp3) is 0.565. The van der Waals surface area contributed by atoms with Gasteiger partial charge in [0, 0.05) is 37.7 Å². The Balaban J connectivity index is 1.60. The largest absolute Gasteiger partial charge is 0.478 e. The van der Waals surface area contributed by atoms with Crippen LogP contribution in [0.3, 0.4) is 0 Å². The van der Waals surface area contributed by atoms with Crippen molar-refractivity contribution >= 4 is 0 Å². The molecule has 2 atom stereocenters. The van der Waals surface area contributed by atoms with Gasteiger partial charge in [-0.25, -0.2) is 13.8 Å². The van der Waals surface area contributed by atoms with Crippen molar-refractivity contribution in [3.05, 3.63) is 47.2 Å². The Bertz CT molecular complexity index is 913. The molecule has 2 aliphatic rings. The molecule has 8 heteroatoms. The maximum absolute atomic E-state index is 13.6. The van der Waals surface area contributed by atoms with Gasteiger partial charge in [0.05, 0.1) is 18.8 Å². The fourth-order valence-corrected chi connectivity index (χ4v) is 5.08. The van der Waals surface area contributed by atoms with Gasteiger partial charge in [-0.2, -0.15) is 4.98 Å². The summed E-state index contributed by atoms with van der Waals surface area (Å²) in [6.45, 7) is 6.40. The number of hydrogen-bond acceptors (Lipinski definition) is 6. The number of benzene rings is 1. The van der Waals surface area contributed by atoms with Crippen LogP contribution < -0.4 is 9.47 Å². The number of ether oxygens (including phenoxy) is 2. The monoisotopic (exact) mass is 433 g/mol. The highest BCUT2D eigenvalue weighted by molar-refractivity contribution is 5.34. The summed E-state index contributed by atoms with van der Waals surface area (Å²) in [5.41, 5.74) is 0.236. The van der Waals surface area contributed by atoms with E-state index in [1.165, 1.54) is 6.07 Å². The van der Waals surface area contributed by atoms with Crippen LogP contribution in [0.15, 0.2) is 24.4 Å². The maximum atomic E-state index is 13.6. The van der Waals surface area contributed by atoms with E-state index in [0.29, 0.717) is 44.3 Å². The van der Waals surface area contributed by atoms with E-state index in [-0.39, 0.29) is 17.8 Å². The topological polar surface area (TPSA) is 67.7 Å². The molecule has 2 fully saturated rings. The van der Waals surface area contributed by atoms with Crippen molar-refractivity contribution in [2.24, 2.45) is 11.8 Å². The molecule has 1 aliphatic heterocycles. The minimum absolute atomic E-state index is 0.0361. The van der Waals surface area contributed by atoms with E-state index in [0.717, 1.165) is 30.9 Å². The molecule has 6 nitrogen and oxygen atoms in total. The van der Waals surface area contributed by atoms with Gasteiger partial charge in [-0.3, -0.25) is 4.90 Å². The average molecular weight is 433 g/mol. The Labute approximate surface area is 181 Å². The lowest BCUT2D eigenvalue weighted by atomic mass is 9.63. The van der Waals surface area contributed by atoms with E-state index in [2.05, 4.69) is 14.9 Å². The number of piperidine rings is 1. The molecule has 1 saturated heterocycles. The first kappa shape index (κ1) is 21.9. The molecule has 1 N–H and O–H groups in total. The molecule has 4 rings (SSSR count). The van der Waals surface area contributed by atoms with E-state index < -0.39 is 17.2 Å². The van der Waals surface area contributed by atoms with Gasteiger partial charge in [0.2, 0.25) is 5.88 Å². The average Bonchev–Trinajstić information content (AvgIpc) is 2.72. The molecule has 0 spiro atoms. The minimum atomic E-state index is -1.10. The quantitative estimate of drug-likeness (QED) is 0.719. The zero-order valence-corrected chi connectivity index (χ0v) is 18.0. The van der Waals surface area contributed by atoms with Crippen LogP contribution in [0.5, 0.6) is 11.9 Å². The summed E-state index contributed by atoms with van der Waals surface area (Å²) in [5.74, 6) is -1.38. The zero-order valence-electron chi connectivity index (χ0n) is 18.0. The number of likely N-dealkylation sites (tertiary alicyclic amines) is 1. The smallest absolute Gasteiger partial charge is 0.319 e. The van der Waals surface area contributed by atoms with Crippen molar-refractivity contribution < 1.29 is 23.4 Å². The Hall–Kier alpha value is -2.32. The highest BCUT2D eigenvalue weighted by Crippen LogP contribution is 2.51. The Morgan fingerprint density at radius 3 is 2.45 bits per heavy atom. The second kappa shape index (κ2) is 9.04.